The Kier molecular flexibility index (Phi) is 6.52. The van der Waals surface area contributed by atoms with Crippen LogP contribution in [-0.2, 0) is 4.79 Å². The first-order valence-corrected chi connectivity index (χ1v) is 6.84. The van der Waals surface area contributed by atoms with E-state index in [1.54, 1.807) is 0 Å². The van der Waals surface area contributed by atoms with Crippen LogP contribution in [0.2, 0.25) is 0 Å². The molecular weight excluding hydrogens is 216 g/mol. The van der Waals surface area contributed by atoms with Crippen molar-refractivity contribution in [2.75, 3.05) is 19.7 Å². The van der Waals surface area contributed by atoms with E-state index in [2.05, 4.69) is 12.2 Å². The van der Waals surface area contributed by atoms with E-state index in [-0.39, 0.29) is 24.6 Å². The average molecular weight is 242 g/mol. The second kappa shape index (κ2) is 7.67. The normalized spacial score (nSPS) is 20.1. The van der Waals surface area contributed by atoms with Crippen molar-refractivity contribution in [1.29, 1.82) is 0 Å². The third-order valence-corrected chi connectivity index (χ3v) is 3.49. The number of piperidine rings is 1. The van der Waals surface area contributed by atoms with Crippen molar-refractivity contribution in [3.8, 4) is 0 Å². The van der Waals surface area contributed by atoms with Gasteiger partial charge in [-0.15, -0.1) is 0 Å². The Morgan fingerprint density at radius 3 is 2.53 bits per heavy atom. The second-order valence-electron chi connectivity index (χ2n) is 4.89. The Morgan fingerprint density at radius 2 is 2.00 bits per heavy atom. The number of nitrogens with zero attached hydrogens (tertiary/aromatic N) is 1. The lowest BCUT2D eigenvalue weighted by molar-refractivity contribution is -0.134. The number of carbonyl (C=O) groups excluding carboxylic acids is 1. The van der Waals surface area contributed by atoms with Crippen molar-refractivity contribution in [3.05, 3.63) is 0 Å². The van der Waals surface area contributed by atoms with Gasteiger partial charge in [0, 0.05) is 25.7 Å². The van der Waals surface area contributed by atoms with Crippen LogP contribution in [0.25, 0.3) is 0 Å². The summed E-state index contributed by atoms with van der Waals surface area (Å²) in [5, 5.41) is 12.2. The SMILES string of the molecule is CCC(CCO)NC(C)C(=O)N1CCCCC1. The van der Waals surface area contributed by atoms with Crippen LogP contribution in [-0.4, -0.2) is 47.7 Å². The lowest BCUT2D eigenvalue weighted by Crippen LogP contribution is -2.49. The van der Waals surface area contributed by atoms with Gasteiger partial charge >= 0.3 is 0 Å². The summed E-state index contributed by atoms with van der Waals surface area (Å²) in [6.45, 7) is 5.99. The van der Waals surface area contributed by atoms with E-state index in [1.807, 2.05) is 11.8 Å². The van der Waals surface area contributed by atoms with Gasteiger partial charge < -0.3 is 15.3 Å². The number of hydrogen-bond donors (Lipinski definition) is 2. The summed E-state index contributed by atoms with van der Waals surface area (Å²) in [4.78, 5) is 14.1. The summed E-state index contributed by atoms with van der Waals surface area (Å²) in [5.41, 5.74) is 0. The average Bonchev–Trinajstić information content (AvgIpc) is 2.38. The number of carbonyl (C=O) groups is 1. The Labute approximate surface area is 104 Å². The molecule has 2 N–H and O–H groups in total. The molecule has 1 aliphatic heterocycles. The molecule has 4 nitrogen and oxygen atoms in total. The van der Waals surface area contributed by atoms with E-state index >= 15 is 0 Å². The molecule has 0 aromatic carbocycles. The standard InChI is InChI=1S/C13H26N2O2/c1-3-12(7-10-16)14-11(2)13(17)15-8-5-4-6-9-15/h11-12,14,16H,3-10H2,1-2H3. The molecule has 17 heavy (non-hydrogen) atoms. The van der Waals surface area contributed by atoms with Crippen LogP contribution in [0.5, 0.6) is 0 Å². The molecule has 0 aromatic rings. The highest BCUT2D eigenvalue weighted by molar-refractivity contribution is 5.81. The summed E-state index contributed by atoms with van der Waals surface area (Å²) >= 11 is 0. The van der Waals surface area contributed by atoms with Gasteiger partial charge in [-0.1, -0.05) is 6.92 Å². The fourth-order valence-electron chi connectivity index (χ4n) is 2.37. The number of amides is 1. The third kappa shape index (κ3) is 4.64. The van der Waals surface area contributed by atoms with E-state index in [0.717, 1.165) is 32.4 Å². The van der Waals surface area contributed by atoms with Gasteiger partial charge in [0.05, 0.1) is 6.04 Å². The van der Waals surface area contributed by atoms with Crippen LogP contribution >= 0.6 is 0 Å². The lowest BCUT2D eigenvalue weighted by atomic mass is 10.1. The number of hydrogen-bond acceptors (Lipinski definition) is 3. The van der Waals surface area contributed by atoms with Crippen molar-refractivity contribution < 1.29 is 9.90 Å². The van der Waals surface area contributed by atoms with Crippen LogP contribution in [0.1, 0.15) is 46.0 Å². The predicted octanol–water partition coefficient (Wildman–Crippen LogP) is 1.14. The smallest absolute Gasteiger partial charge is 0.239 e. The summed E-state index contributed by atoms with van der Waals surface area (Å²) in [6, 6.07) is 0.105. The van der Waals surface area contributed by atoms with Gasteiger partial charge in [0.25, 0.3) is 0 Å². The van der Waals surface area contributed by atoms with Gasteiger partial charge in [0.2, 0.25) is 5.91 Å². The molecule has 100 valence electrons. The molecule has 0 saturated carbocycles. The van der Waals surface area contributed by atoms with Crippen LogP contribution in [0.3, 0.4) is 0 Å². The Balaban J connectivity index is 2.39. The third-order valence-electron chi connectivity index (χ3n) is 3.49. The van der Waals surface area contributed by atoms with E-state index in [4.69, 9.17) is 5.11 Å². The Morgan fingerprint density at radius 1 is 1.35 bits per heavy atom. The molecular formula is C13H26N2O2. The van der Waals surface area contributed by atoms with E-state index < -0.39 is 0 Å². The minimum atomic E-state index is -0.135. The van der Waals surface area contributed by atoms with Crippen LogP contribution < -0.4 is 5.32 Å². The molecule has 1 fully saturated rings. The summed E-state index contributed by atoms with van der Waals surface area (Å²) in [7, 11) is 0. The first kappa shape index (κ1) is 14.5. The second-order valence-corrected chi connectivity index (χ2v) is 4.89. The molecule has 4 heteroatoms. The van der Waals surface area contributed by atoms with Gasteiger partial charge in [-0.05, 0) is 39.0 Å². The molecule has 0 radical (unpaired) electrons. The topological polar surface area (TPSA) is 52.6 Å². The van der Waals surface area contributed by atoms with Gasteiger partial charge in [-0.25, -0.2) is 0 Å². The molecule has 2 unspecified atom stereocenters. The molecule has 2 atom stereocenters. The molecule has 1 saturated heterocycles. The van der Waals surface area contributed by atoms with Crippen LogP contribution in [0, 0.1) is 0 Å². The Hall–Kier alpha value is -0.610. The highest BCUT2D eigenvalue weighted by Gasteiger charge is 2.23. The maximum absolute atomic E-state index is 12.2. The molecule has 1 amide bonds. The van der Waals surface area contributed by atoms with Crippen LogP contribution in [0.15, 0.2) is 0 Å². The predicted molar refractivity (Wildman–Crippen MR) is 68.8 cm³/mol. The zero-order valence-electron chi connectivity index (χ0n) is 11.1. The monoisotopic (exact) mass is 242 g/mol. The van der Waals surface area contributed by atoms with Crippen molar-refractivity contribution in [2.45, 2.75) is 58.0 Å². The first-order valence-electron chi connectivity index (χ1n) is 6.84. The minimum absolute atomic E-state index is 0.135. The molecule has 1 heterocycles. The van der Waals surface area contributed by atoms with Crippen LogP contribution in [0.4, 0.5) is 0 Å². The highest BCUT2D eigenvalue weighted by atomic mass is 16.3. The zero-order valence-corrected chi connectivity index (χ0v) is 11.1. The minimum Gasteiger partial charge on any atom is -0.396 e. The van der Waals surface area contributed by atoms with Gasteiger partial charge in [0.1, 0.15) is 0 Å². The van der Waals surface area contributed by atoms with E-state index in [0.29, 0.717) is 6.42 Å². The molecule has 0 bridgehead atoms. The van der Waals surface area contributed by atoms with E-state index in [1.165, 1.54) is 6.42 Å². The summed E-state index contributed by atoms with van der Waals surface area (Å²) in [5.74, 6) is 0.209. The number of likely N-dealkylation sites (tertiary alicyclic amines) is 1. The largest absolute Gasteiger partial charge is 0.396 e. The fourth-order valence-corrected chi connectivity index (χ4v) is 2.37. The number of aliphatic hydroxyl groups excluding tert-OH is 1. The molecule has 1 rings (SSSR count). The van der Waals surface area contributed by atoms with Gasteiger partial charge in [0.15, 0.2) is 0 Å². The number of nitrogens with one attached hydrogen (secondary N) is 1. The van der Waals surface area contributed by atoms with Crippen molar-refractivity contribution in [2.24, 2.45) is 0 Å². The number of aliphatic hydroxyl groups is 1. The lowest BCUT2D eigenvalue weighted by Gasteiger charge is -2.31. The van der Waals surface area contributed by atoms with Crippen molar-refractivity contribution in [3.63, 3.8) is 0 Å². The molecule has 0 aromatic heterocycles. The summed E-state index contributed by atoms with van der Waals surface area (Å²) in [6.07, 6.45) is 5.17. The van der Waals surface area contributed by atoms with E-state index in [9.17, 15) is 4.79 Å². The van der Waals surface area contributed by atoms with Crippen molar-refractivity contribution in [1.82, 2.24) is 10.2 Å². The molecule has 1 aliphatic rings. The maximum Gasteiger partial charge on any atom is 0.239 e. The van der Waals surface area contributed by atoms with Gasteiger partial charge in [-0.3, -0.25) is 4.79 Å². The molecule has 0 spiro atoms. The zero-order chi connectivity index (χ0) is 12.7. The highest BCUT2D eigenvalue weighted by Crippen LogP contribution is 2.10. The Bertz CT molecular complexity index is 227. The first-order chi connectivity index (χ1) is 8.19. The summed E-state index contributed by atoms with van der Waals surface area (Å²) < 4.78 is 0. The fraction of sp³-hybridized carbons (Fsp3) is 0.923. The van der Waals surface area contributed by atoms with Crippen molar-refractivity contribution >= 4 is 5.91 Å². The number of rotatable bonds is 6. The molecule has 0 aliphatic carbocycles. The van der Waals surface area contributed by atoms with Gasteiger partial charge in [-0.2, -0.15) is 0 Å². The maximum atomic E-state index is 12.2. The quantitative estimate of drug-likeness (QED) is 0.734.